The monoisotopic (exact) mass is 156 g/mol. The average molecular weight is 156 g/mol. The molecule has 0 atom stereocenters. The van der Waals surface area contributed by atoms with Crippen molar-refractivity contribution in [3.8, 4) is 12.8 Å². The van der Waals surface area contributed by atoms with Gasteiger partial charge in [0.15, 0.2) is 0 Å². The van der Waals surface area contributed by atoms with E-state index in [2.05, 4.69) is 12.8 Å². The third kappa shape index (κ3) is 12.2. The van der Waals surface area contributed by atoms with Crippen LogP contribution in [0.5, 0.6) is 0 Å². The molecule has 0 aromatic carbocycles. The second-order valence-electron chi connectivity index (χ2n) is 1.58. The second-order valence-corrected chi connectivity index (χ2v) is 1.58. The molecule has 0 saturated carbocycles. The average Bonchev–Trinajstić information content (AvgIpc) is 2.05. The van der Waals surface area contributed by atoms with Gasteiger partial charge in [-0.3, -0.25) is 0 Å². The van der Waals surface area contributed by atoms with Crippen LogP contribution < -0.4 is 0 Å². The molecule has 1 N–H and O–H groups in total. The summed E-state index contributed by atoms with van der Waals surface area (Å²) in [6, 6.07) is 0. The zero-order valence-electron chi connectivity index (χ0n) is 6.63. The first kappa shape index (κ1) is 12.6. The maximum absolute atomic E-state index is 12.2. The van der Waals surface area contributed by atoms with E-state index in [1.807, 2.05) is 6.92 Å². The smallest absolute Gasteiger partial charge is 0.121 e. The zero-order valence-corrected chi connectivity index (χ0v) is 6.63. The van der Waals surface area contributed by atoms with Gasteiger partial charge in [0.25, 0.3) is 0 Å². The van der Waals surface area contributed by atoms with Gasteiger partial charge in [0, 0.05) is 0 Å². The molecule has 0 radical (unpaired) electrons. The van der Waals surface area contributed by atoms with E-state index >= 15 is 0 Å². The van der Waals surface area contributed by atoms with Crippen LogP contribution in [-0.2, 0) is 0 Å². The third-order valence-corrected chi connectivity index (χ3v) is 0.799. The topological polar surface area (TPSA) is 20.2 Å². The number of aliphatic hydroxyl groups excluding tert-OH is 1. The lowest BCUT2D eigenvalue weighted by atomic mass is 10.4. The largest absolute Gasteiger partial charge is 0.392 e. The zero-order chi connectivity index (χ0) is 9.11. The fourth-order valence-electron chi connectivity index (χ4n) is 0.386. The molecular weight excluding hydrogens is 143 g/mol. The fraction of sp³-hybridized carbons (Fsp3) is 0.333. The molecule has 0 aromatic heterocycles. The van der Waals surface area contributed by atoms with Crippen LogP contribution in [0.15, 0.2) is 24.1 Å². The van der Waals surface area contributed by atoms with Gasteiger partial charge < -0.3 is 5.11 Å². The minimum atomic E-state index is -0.376. The molecule has 1 nitrogen and oxygen atoms in total. The molecule has 0 fully saturated rings. The molecule has 0 bridgehead atoms. The summed E-state index contributed by atoms with van der Waals surface area (Å²) >= 11 is 0. The lowest BCUT2D eigenvalue weighted by Crippen LogP contribution is -1.73. The molecule has 62 valence electrons. The molecule has 0 unspecified atom stereocenters. The van der Waals surface area contributed by atoms with Crippen LogP contribution in [0.25, 0.3) is 0 Å². The van der Waals surface area contributed by atoms with E-state index in [1.165, 1.54) is 6.08 Å². The molecule has 0 heterocycles. The van der Waals surface area contributed by atoms with Crippen molar-refractivity contribution in [3.63, 3.8) is 0 Å². The minimum Gasteiger partial charge on any atom is -0.392 e. The number of halogens is 1. The molecule has 0 rings (SSSR count). The first-order valence-corrected chi connectivity index (χ1v) is 3.27. The maximum Gasteiger partial charge on any atom is 0.121 e. The fourth-order valence-corrected chi connectivity index (χ4v) is 0.386. The van der Waals surface area contributed by atoms with Gasteiger partial charge in [-0.2, -0.15) is 0 Å². The van der Waals surface area contributed by atoms with Gasteiger partial charge in [0.2, 0.25) is 0 Å². The van der Waals surface area contributed by atoms with Crippen LogP contribution in [0.2, 0.25) is 0 Å². The van der Waals surface area contributed by atoms with E-state index in [4.69, 9.17) is 5.11 Å². The van der Waals surface area contributed by atoms with Crippen molar-refractivity contribution in [2.75, 3.05) is 6.61 Å². The Balaban J connectivity index is 0. The molecule has 0 aliphatic rings. The van der Waals surface area contributed by atoms with Gasteiger partial charge >= 0.3 is 0 Å². The summed E-state index contributed by atoms with van der Waals surface area (Å²) in [5, 5.41) is 8.19. The highest BCUT2D eigenvalue weighted by atomic mass is 19.1. The summed E-state index contributed by atoms with van der Waals surface area (Å²) in [7, 11) is 0. The lowest BCUT2D eigenvalue weighted by Gasteiger charge is -1.82. The Labute approximate surface area is 67.2 Å². The van der Waals surface area contributed by atoms with Crippen LogP contribution in [0, 0.1) is 12.8 Å². The van der Waals surface area contributed by atoms with Gasteiger partial charge in [-0.05, 0) is 18.6 Å². The van der Waals surface area contributed by atoms with Crippen molar-refractivity contribution in [2.45, 2.75) is 13.3 Å². The number of allylic oxidation sites excluding steroid dienone is 3. The van der Waals surface area contributed by atoms with Crippen LogP contribution in [-0.4, -0.2) is 11.7 Å². The highest BCUT2D eigenvalue weighted by molar-refractivity contribution is 5.10. The Morgan fingerprint density at radius 2 is 2.09 bits per heavy atom. The van der Waals surface area contributed by atoms with E-state index in [9.17, 15) is 4.39 Å². The summed E-state index contributed by atoms with van der Waals surface area (Å²) in [5.41, 5.74) is 0. The Bertz CT molecular complexity index is 145. The minimum absolute atomic E-state index is 0.236. The Kier molecular flexibility index (Phi) is 13.4. The van der Waals surface area contributed by atoms with E-state index < -0.39 is 0 Å². The van der Waals surface area contributed by atoms with Crippen molar-refractivity contribution in [1.82, 2.24) is 0 Å². The van der Waals surface area contributed by atoms with E-state index in [1.54, 1.807) is 6.08 Å². The molecule has 11 heavy (non-hydrogen) atoms. The first-order valence-electron chi connectivity index (χ1n) is 3.27. The standard InChI is InChI=1S/C7H11FO.C2H2/c1-2-3-4-7(8)5-6-9;1-2/h3-5,9H,2,6H2,1H3;1-2H/b4-3-,7-5+;. The highest BCUT2D eigenvalue weighted by Gasteiger charge is 1.81. The van der Waals surface area contributed by atoms with E-state index in [-0.39, 0.29) is 12.4 Å². The predicted octanol–water partition coefficient (Wildman–Crippen LogP) is 2.05. The summed E-state index contributed by atoms with van der Waals surface area (Å²) < 4.78 is 12.2. The van der Waals surface area contributed by atoms with Gasteiger partial charge in [-0.25, -0.2) is 4.39 Å². The molecule has 0 amide bonds. The van der Waals surface area contributed by atoms with Crippen molar-refractivity contribution < 1.29 is 9.50 Å². The lowest BCUT2D eigenvalue weighted by molar-refractivity contribution is 0.339. The molecular formula is C9H13FO. The molecule has 2 heteroatoms. The number of rotatable bonds is 3. The van der Waals surface area contributed by atoms with Crippen LogP contribution in [0.1, 0.15) is 13.3 Å². The number of hydrogen-bond acceptors (Lipinski definition) is 1. The highest BCUT2D eigenvalue weighted by Crippen LogP contribution is 1.97. The molecule has 0 aliphatic carbocycles. The number of hydrogen-bond donors (Lipinski definition) is 1. The maximum atomic E-state index is 12.2. The van der Waals surface area contributed by atoms with Crippen LogP contribution in [0.4, 0.5) is 4.39 Å². The molecule has 0 saturated heterocycles. The summed E-state index contributed by atoms with van der Waals surface area (Å²) in [6.45, 7) is 1.68. The van der Waals surface area contributed by atoms with Crippen LogP contribution in [0.3, 0.4) is 0 Å². The third-order valence-electron chi connectivity index (χ3n) is 0.799. The summed E-state index contributed by atoms with van der Waals surface area (Å²) in [4.78, 5) is 0. The Morgan fingerprint density at radius 1 is 1.55 bits per heavy atom. The van der Waals surface area contributed by atoms with Crippen molar-refractivity contribution in [1.29, 1.82) is 0 Å². The SMILES string of the molecule is C#C.CC/C=C\C(F)=C/CO. The van der Waals surface area contributed by atoms with Gasteiger partial charge in [0.1, 0.15) is 5.83 Å². The van der Waals surface area contributed by atoms with Crippen molar-refractivity contribution in [2.24, 2.45) is 0 Å². The molecule has 0 aliphatic heterocycles. The quantitative estimate of drug-likeness (QED) is 0.489. The molecule has 0 spiro atoms. The second kappa shape index (κ2) is 11.7. The summed E-state index contributed by atoms with van der Waals surface area (Å²) in [5.74, 6) is -0.376. The van der Waals surface area contributed by atoms with Gasteiger partial charge in [-0.15, -0.1) is 12.8 Å². The molecule has 0 aromatic rings. The van der Waals surface area contributed by atoms with Gasteiger partial charge in [-0.1, -0.05) is 13.0 Å². The van der Waals surface area contributed by atoms with E-state index in [0.717, 1.165) is 12.5 Å². The van der Waals surface area contributed by atoms with Gasteiger partial charge in [0.05, 0.1) is 6.61 Å². The van der Waals surface area contributed by atoms with Crippen molar-refractivity contribution in [3.05, 3.63) is 24.1 Å². The Hall–Kier alpha value is -1.07. The number of terminal acetylenes is 1. The van der Waals surface area contributed by atoms with Crippen molar-refractivity contribution >= 4 is 0 Å². The first-order chi connectivity index (χ1) is 5.31. The summed E-state index contributed by atoms with van der Waals surface area (Å²) in [6.07, 6.45) is 13.0. The predicted molar refractivity (Wildman–Crippen MR) is 45.6 cm³/mol. The van der Waals surface area contributed by atoms with E-state index in [0.29, 0.717) is 0 Å². The normalized spacial score (nSPS) is 10.8. The van der Waals surface area contributed by atoms with Crippen LogP contribution >= 0.6 is 0 Å². The Morgan fingerprint density at radius 3 is 2.45 bits per heavy atom. The number of aliphatic hydroxyl groups is 1.